The predicted octanol–water partition coefficient (Wildman–Crippen LogP) is 1.88. The van der Waals surface area contributed by atoms with Gasteiger partial charge in [0, 0.05) is 13.6 Å². The first-order chi connectivity index (χ1) is 4.84. The second kappa shape index (κ2) is 3.37. The van der Waals surface area contributed by atoms with E-state index in [2.05, 4.69) is 31.4 Å². The molecule has 0 bridgehead atoms. The van der Waals surface area contributed by atoms with Gasteiger partial charge in [-0.1, -0.05) is 24.3 Å². The van der Waals surface area contributed by atoms with Gasteiger partial charge >= 0.3 is 0 Å². The van der Waals surface area contributed by atoms with Crippen molar-refractivity contribution < 1.29 is 0 Å². The molecule has 0 amide bonds. The van der Waals surface area contributed by atoms with E-state index >= 15 is 0 Å². The van der Waals surface area contributed by atoms with Gasteiger partial charge in [0.2, 0.25) is 0 Å². The van der Waals surface area contributed by atoms with Crippen LogP contribution in [0.1, 0.15) is 11.1 Å². The molecule has 1 N–H and O–H groups in total. The van der Waals surface area contributed by atoms with Gasteiger partial charge in [-0.3, -0.25) is 0 Å². The number of aryl methyl sites for hydroxylation is 1. The topological polar surface area (TPSA) is 12.0 Å². The first kappa shape index (κ1) is 7.29. The summed E-state index contributed by atoms with van der Waals surface area (Å²) in [6.45, 7) is 2.96. The molecule has 0 saturated carbocycles. The molecule has 0 unspecified atom stereocenters. The molecule has 1 aromatic carbocycles. The molecule has 0 spiro atoms. The lowest BCUT2D eigenvalue weighted by molar-refractivity contribution is 0.859. The molecule has 10 heavy (non-hydrogen) atoms. The van der Waals surface area contributed by atoms with Gasteiger partial charge < -0.3 is 5.32 Å². The SMILES string of the molecule is [CH2]NCc1ccccc1C. The van der Waals surface area contributed by atoms with Crippen molar-refractivity contribution in [3.8, 4) is 0 Å². The third-order valence-corrected chi connectivity index (χ3v) is 1.58. The molecule has 0 atom stereocenters. The summed E-state index contributed by atoms with van der Waals surface area (Å²) in [5.74, 6) is 0. The van der Waals surface area contributed by atoms with Gasteiger partial charge in [-0.25, -0.2) is 0 Å². The van der Waals surface area contributed by atoms with Crippen LogP contribution in [-0.2, 0) is 6.54 Å². The molecule has 0 aromatic heterocycles. The number of nitrogens with one attached hydrogen (secondary N) is 1. The highest BCUT2D eigenvalue weighted by Gasteiger charge is 1.91. The third-order valence-electron chi connectivity index (χ3n) is 1.58. The second-order valence-electron chi connectivity index (χ2n) is 2.35. The summed E-state index contributed by atoms with van der Waals surface area (Å²) < 4.78 is 0. The minimum absolute atomic E-state index is 0.854. The van der Waals surface area contributed by atoms with Crippen molar-refractivity contribution in [1.29, 1.82) is 0 Å². The number of rotatable bonds is 2. The van der Waals surface area contributed by atoms with Gasteiger partial charge in [0.1, 0.15) is 0 Å². The van der Waals surface area contributed by atoms with Gasteiger partial charge in [-0.05, 0) is 18.1 Å². The summed E-state index contributed by atoms with van der Waals surface area (Å²) in [5, 5.41) is 2.87. The third kappa shape index (κ3) is 1.58. The molecule has 0 saturated heterocycles. The Labute approximate surface area is 62.1 Å². The van der Waals surface area contributed by atoms with Gasteiger partial charge in [0.15, 0.2) is 0 Å². The summed E-state index contributed by atoms with van der Waals surface area (Å²) in [5.41, 5.74) is 2.64. The number of hydrogen-bond acceptors (Lipinski definition) is 1. The van der Waals surface area contributed by atoms with Crippen LogP contribution >= 0.6 is 0 Å². The van der Waals surface area contributed by atoms with E-state index in [0.29, 0.717) is 0 Å². The highest BCUT2D eigenvalue weighted by atomic mass is 14.8. The smallest absolute Gasteiger partial charge is 0.0208 e. The molecule has 1 nitrogen and oxygen atoms in total. The van der Waals surface area contributed by atoms with Crippen LogP contribution in [0.4, 0.5) is 0 Å². The van der Waals surface area contributed by atoms with Crippen molar-refractivity contribution in [2.45, 2.75) is 13.5 Å². The van der Waals surface area contributed by atoms with Crippen molar-refractivity contribution >= 4 is 0 Å². The average Bonchev–Trinajstić information content (AvgIpc) is 1.94. The highest BCUT2D eigenvalue weighted by Crippen LogP contribution is 2.05. The van der Waals surface area contributed by atoms with Crippen LogP contribution in [0.2, 0.25) is 0 Å². The summed E-state index contributed by atoms with van der Waals surface area (Å²) in [7, 11) is 3.57. The minimum Gasteiger partial charge on any atom is -0.311 e. The zero-order valence-electron chi connectivity index (χ0n) is 6.22. The molecule has 1 rings (SSSR count). The molecular weight excluding hydrogens is 122 g/mol. The van der Waals surface area contributed by atoms with E-state index in [-0.39, 0.29) is 0 Å². The van der Waals surface area contributed by atoms with E-state index < -0.39 is 0 Å². The van der Waals surface area contributed by atoms with Crippen LogP contribution in [0.5, 0.6) is 0 Å². The molecule has 1 heteroatoms. The monoisotopic (exact) mass is 134 g/mol. The van der Waals surface area contributed by atoms with E-state index in [4.69, 9.17) is 0 Å². The lowest BCUT2D eigenvalue weighted by atomic mass is 10.1. The van der Waals surface area contributed by atoms with Crippen molar-refractivity contribution in [3.63, 3.8) is 0 Å². The molecule has 1 aromatic rings. The maximum atomic E-state index is 3.57. The Hall–Kier alpha value is -0.820. The van der Waals surface area contributed by atoms with Crippen LogP contribution in [0, 0.1) is 14.0 Å². The predicted molar refractivity (Wildman–Crippen MR) is 43.4 cm³/mol. The second-order valence-corrected chi connectivity index (χ2v) is 2.35. The zero-order chi connectivity index (χ0) is 7.40. The molecule has 53 valence electrons. The van der Waals surface area contributed by atoms with Gasteiger partial charge in [-0.15, -0.1) is 0 Å². The largest absolute Gasteiger partial charge is 0.311 e. The van der Waals surface area contributed by atoms with E-state index in [0.717, 1.165) is 6.54 Å². The quantitative estimate of drug-likeness (QED) is 0.651. The lowest BCUT2D eigenvalue weighted by Crippen LogP contribution is -2.03. The fourth-order valence-corrected chi connectivity index (χ4v) is 0.943. The molecule has 0 aliphatic carbocycles. The fourth-order valence-electron chi connectivity index (χ4n) is 0.943. The first-order valence-corrected chi connectivity index (χ1v) is 3.39. The Balaban J connectivity index is 2.81. The summed E-state index contributed by atoms with van der Waals surface area (Å²) in [6.07, 6.45) is 0. The average molecular weight is 134 g/mol. The molecule has 0 fully saturated rings. The Bertz CT molecular complexity index is 206. The van der Waals surface area contributed by atoms with Crippen molar-refractivity contribution in [1.82, 2.24) is 5.32 Å². The van der Waals surface area contributed by atoms with E-state index in [1.165, 1.54) is 11.1 Å². The maximum absolute atomic E-state index is 3.57. The number of benzene rings is 1. The normalized spacial score (nSPS) is 9.80. The van der Waals surface area contributed by atoms with Crippen LogP contribution in [-0.4, -0.2) is 0 Å². The summed E-state index contributed by atoms with van der Waals surface area (Å²) in [4.78, 5) is 0. The van der Waals surface area contributed by atoms with Crippen LogP contribution in [0.15, 0.2) is 24.3 Å². The molecule has 0 heterocycles. The van der Waals surface area contributed by atoms with Crippen LogP contribution in [0.3, 0.4) is 0 Å². The fraction of sp³-hybridized carbons (Fsp3) is 0.222. The van der Waals surface area contributed by atoms with Gasteiger partial charge in [0.05, 0.1) is 0 Å². The maximum Gasteiger partial charge on any atom is 0.0208 e. The van der Waals surface area contributed by atoms with Crippen LogP contribution < -0.4 is 5.32 Å². The van der Waals surface area contributed by atoms with Gasteiger partial charge in [-0.2, -0.15) is 0 Å². The Morgan fingerprint density at radius 1 is 1.40 bits per heavy atom. The van der Waals surface area contributed by atoms with Crippen molar-refractivity contribution in [3.05, 3.63) is 42.4 Å². The summed E-state index contributed by atoms with van der Waals surface area (Å²) >= 11 is 0. The van der Waals surface area contributed by atoms with E-state index in [9.17, 15) is 0 Å². The van der Waals surface area contributed by atoms with Gasteiger partial charge in [0.25, 0.3) is 0 Å². The Morgan fingerprint density at radius 2 is 2.10 bits per heavy atom. The molecule has 0 aliphatic heterocycles. The lowest BCUT2D eigenvalue weighted by Gasteiger charge is -2.02. The van der Waals surface area contributed by atoms with E-state index in [1.54, 1.807) is 0 Å². The molecular formula is C9H12N. The molecule has 1 radical (unpaired) electrons. The summed E-state index contributed by atoms with van der Waals surface area (Å²) in [6, 6.07) is 8.29. The standard InChI is InChI=1S/C9H12N/c1-8-5-3-4-6-9(8)7-10-2/h3-6,10H,2,7H2,1H3. The Morgan fingerprint density at radius 3 is 2.70 bits per heavy atom. The zero-order valence-corrected chi connectivity index (χ0v) is 6.22. The number of hydrogen-bond donors (Lipinski definition) is 1. The van der Waals surface area contributed by atoms with E-state index in [1.807, 2.05) is 12.1 Å². The van der Waals surface area contributed by atoms with Crippen molar-refractivity contribution in [2.75, 3.05) is 0 Å². The minimum atomic E-state index is 0.854. The van der Waals surface area contributed by atoms with Crippen molar-refractivity contribution in [2.24, 2.45) is 0 Å². The molecule has 0 aliphatic rings. The van der Waals surface area contributed by atoms with Crippen LogP contribution in [0.25, 0.3) is 0 Å². The highest BCUT2D eigenvalue weighted by molar-refractivity contribution is 5.25. The first-order valence-electron chi connectivity index (χ1n) is 3.39. The Kier molecular flexibility index (Phi) is 2.46.